The predicted molar refractivity (Wildman–Crippen MR) is 134 cm³/mol. The highest BCUT2D eigenvalue weighted by Crippen LogP contribution is 2.40. The molecule has 0 aliphatic carbocycles. The number of halogens is 1. The predicted octanol–water partition coefficient (Wildman–Crippen LogP) is 5.17. The molecule has 3 atom stereocenters. The van der Waals surface area contributed by atoms with Crippen molar-refractivity contribution in [3.63, 3.8) is 0 Å². The summed E-state index contributed by atoms with van der Waals surface area (Å²) in [5, 5.41) is 25.7. The van der Waals surface area contributed by atoms with E-state index in [0.29, 0.717) is 29.4 Å². The van der Waals surface area contributed by atoms with Crippen LogP contribution in [0.15, 0.2) is 52.6 Å². The molecule has 0 saturated carbocycles. The van der Waals surface area contributed by atoms with Crippen LogP contribution in [0, 0.1) is 24.1 Å². The van der Waals surface area contributed by atoms with Crippen molar-refractivity contribution in [3.8, 4) is 17.2 Å². The number of aromatic nitrogens is 4. The summed E-state index contributed by atoms with van der Waals surface area (Å²) in [7, 11) is 1.77. The van der Waals surface area contributed by atoms with E-state index in [0.717, 1.165) is 45.0 Å². The van der Waals surface area contributed by atoms with Gasteiger partial charge in [0.15, 0.2) is 0 Å². The topological polar surface area (TPSA) is 83.0 Å². The molecule has 0 spiro atoms. The van der Waals surface area contributed by atoms with Crippen LogP contribution >= 0.6 is 11.8 Å². The van der Waals surface area contributed by atoms with Crippen LogP contribution in [0.25, 0.3) is 16.6 Å². The second kappa shape index (κ2) is 8.70. The number of fused-ring (bicyclic) bond motifs is 3. The summed E-state index contributed by atoms with van der Waals surface area (Å²) >= 11 is 1.49. The normalized spacial score (nSPS) is 21.4. The molecule has 0 radical (unpaired) electrons. The summed E-state index contributed by atoms with van der Waals surface area (Å²) in [6.45, 7) is 2.13. The van der Waals surface area contributed by atoms with Crippen LogP contribution in [0.4, 0.5) is 10.1 Å². The van der Waals surface area contributed by atoms with Gasteiger partial charge in [0, 0.05) is 51.9 Å². The number of rotatable bonds is 5. The van der Waals surface area contributed by atoms with Crippen molar-refractivity contribution in [2.75, 3.05) is 12.4 Å². The number of nitrogens with zero attached hydrogens (tertiary/aromatic N) is 5. The maximum atomic E-state index is 13.8. The Balaban J connectivity index is 1.42. The number of nitriles is 1. The maximum Gasteiger partial charge on any atom is 0.125 e. The van der Waals surface area contributed by atoms with E-state index in [1.54, 1.807) is 23.8 Å². The smallest absolute Gasteiger partial charge is 0.125 e. The van der Waals surface area contributed by atoms with Gasteiger partial charge in [-0.05, 0) is 56.9 Å². The first kappa shape index (κ1) is 22.1. The van der Waals surface area contributed by atoms with Gasteiger partial charge in [-0.2, -0.15) is 15.5 Å². The van der Waals surface area contributed by atoms with E-state index in [1.165, 1.54) is 36.7 Å². The highest BCUT2D eigenvalue weighted by Gasteiger charge is 2.35. The molecular weight excluding hydrogens is 461 g/mol. The number of piperidine rings is 1. The monoisotopic (exact) mass is 487 g/mol. The third-order valence-corrected chi connectivity index (χ3v) is 8.38. The molecule has 4 aromatic rings. The lowest BCUT2D eigenvalue weighted by Gasteiger charge is -2.30. The maximum absolute atomic E-state index is 13.8. The standard InChI is InChI=1S/C26H26FN7S/c1-15-22(13-31-34(15)21-9-19-4-5-20(10-21)32-19)16-7-25(26-17(11-28)12-30-33(26)14-16)35-24-6-3-18(27)8-23(24)29-2/h3,6-8,12-14,19-21,29,32H,4-5,9-10H2,1-2H3/t19-,20+,21?. The van der Waals surface area contributed by atoms with Crippen molar-refractivity contribution in [1.82, 2.24) is 24.7 Å². The zero-order valence-electron chi connectivity index (χ0n) is 19.6. The zero-order chi connectivity index (χ0) is 24.1. The Morgan fingerprint density at radius 3 is 2.69 bits per heavy atom. The van der Waals surface area contributed by atoms with Gasteiger partial charge in [0.05, 0.1) is 35.2 Å². The Kier molecular flexibility index (Phi) is 5.50. The van der Waals surface area contributed by atoms with Gasteiger partial charge in [0.25, 0.3) is 0 Å². The Morgan fingerprint density at radius 1 is 1.14 bits per heavy atom. The van der Waals surface area contributed by atoms with Gasteiger partial charge in [0.2, 0.25) is 0 Å². The van der Waals surface area contributed by atoms with Crippen LogP contribution in [0.1, 0.15) is 43.0 Å². The van der Waals surface area contributed by atoms with Gasteiger partial charge in [0.1, 0.15) is 11.9 Å². The van der Waals surface area contributed by atoms with E-state index in [2.05, 4.69) is 39.5 Å². The molecule has 2 aliphatic heterocycles. The molecule has 1 aromatic carbocycles. The Bertz CT molecular complexity index is 1450. The molecule has 2 aliphatic rings. The van der Waals surface area contributed by atoms with Gasteiger partial charge in [-0.1, -0.05) is 11.8 Å². The second-order valence-electron chi connectivity index (χ2n) is 9.40. The minimum Gasteiger partial charge on any atom is -0.387 e. The third kappa shape index (κ3) is 3.87. The minimum atomic E-state index is -0.297. The van der Waals surface area contributed by atoms with Crippen LogP contribution in [0.5, 0.6) is 0 Å². The van der Waals surface area contributed by atoms with Crippen molar-refractivity contribution in [2.24, 2.45) is 0 Å². The number of nitrogens with one attached hydrogen (secondary N) is 2. The largest absolute Gasteiger partial charge is 0.387 e. The summed E-state index contributed by atoms with van der Waals surface area (Å²) in [6, 6.07) is 10.6. The van der Waals surface area contributed by atoms with E-state index in [9.17, 15) is 9.65 Å². The van der Waals surface area contributed by atoms with E-state index >= 15 is 0 Å². The highest BCUT2D eigenvalue weighted by atomic mass is 32.2. The number of anilines is 1. The fraction of sp³-hybridized carbons (Fsp3) is 0.346. The lowest BCUT2D eigenvalue weighted by molar-refractivity contribution is 0.278. The van der Waals surface area contributed by atoms with Crippen LogP contribution in [0.3, 0.4) is 0 Å². The van der Waals surface area contributed by atoms with E-state index in [-0.39, 0.29) is 5.82 Å². The Labute approximate surface area is 207 Å². The summed E-state index contributed by atoms with van der Waals surface area (Å²) in [5.74, 6) is -0.297. The molecule has 7 nitrogen and oxygen atoms in total. The first-order chi connectivity index (χ1) is 17.0. The molecule has 35 heavy (non-hydrogen) atoms. The first-order valence-corrected chi connectivity index (χ1v) is 12.7. The molecule has 6 rings (SSSR count). The van der Waals surface area contributed by atoms with Crippen molar-refractivity contribution in [2.45, 2.75) is 60.5 Å². The second-order valence-corrected chi connectivity index (χ2v) is 10.5. The molecule has 0 amide bonds. The summed E-state index contributed by atoms with van der Waals surface area (Å²) in [5.41, 5.74) is 5.12. The van der Waals surface area contributed by atoms with Crippen molar-refractivity contribution in [3.05, 3.63) is 59.9 Å². The SMILES string of the molecule is CNc1cc(F)ccc1Sc1cc(-c2cnn(C3C[C@H]4CC[C@@H](C3)N4)c2C)cn2ncc(C#N)c12. The molecule has 3 aromatic heterocycles. The molecule has 9 heteroatoms. The molecule has 2 fully saturated rings. The third-order valence-electron chi connectivity index (χ3n) is 7.28. The van der Waals surface area contributed by atoms with Gasteiger partial charge < -0.3 is 10.6 Å². The summed E-state index contributed by atoms with van der Waals surface area (Å²) in [4.78, 5) is 1.75. The molecule has 5 heterocycles. The van der Waals surface area contributed by atoms with Crippen LogP contribution < -0.4 is 10.6 Å². The van der Waals surface area contributed by atoms with Gasteiger partial charge in [-0.15, -0.1) is 0 Å². The average molecular weight is 488 g/mol. The number of benzene rings is 1. The van der Waals surface area contributed by atoms with E-state index in [1.807, 2.05) is 12.4 Å². The quantitative estimate of drug-likeness (QED) is 0.404. The van der Waals surface area contributed by atoms with Crippen LogP contribution in [-0.2, 0) is 0 Å². The lowest BCUT2D eigenvalue weighted by atomic mass is 9.99. The Morgan fingerprint density at radius 2 is 1.94 bits per heavy atom. The van der Waals surface area contributed by atoms with Crippen LogP contribution in [-0.4, -0.2) is 38.5 Å². The van der Waals surface area contributed by atoms with Crippen molar-refractivity contribution >= 4 is 23.0 Å². The molecule has 178 valence electrons. The molecular formula is C26H26FN7S. The van der Waals surface area contributed by atoms with Gasteiger partial charge in [-0.25, -0.2) is 8.91 Å². The molecule has 2 saturated heterocycles. The fourth-order valence-electron chi connectivity index (χ4n) is 5.60. The molecule has 2 N–H and O–H groups in total. The average Bonchev–Trinajstić information content (AvgIpc) is 3.56. The van der Waals surface area contributed by atoms with Crippen molar-refractivity contribution in [1.29, 1.82) is 5.26 Å². The number of hydrogen-bond donors (Lipinski definition) is 2. The number of pyridine rings is 1. The molecule has 1 unspecified atom stereocenters. The molecule has 2 bridgehead atoms. The summed E-state index contributed by atoms with van der Waals surface area (Å²) in [6.07, 6.45) is 10.2. The van der Waals surface area contributed by atoms with E-state index in [4.69, 9.17) is 5.10 Å². The van der Waals surface area contributed by atoms with Crippen LogP contribution in [0.2, 0.25) is 0 Å². The van der Waals surface area contributed by atoms with Crippen molar-refractivity contribution < 1.29 is 4.39 Å². The van der Waals surface area contributed by atoms with E-state index < -0.39 is 0 Å². The summed E-state index contributed by atoms with van der Waals surface area (Å²) < 4.78 is 17.8. The Hall–Kier alpha value is -3.35. The number of hydrogen-bond acceptors (Lipinski definition) is 6. The highest BCUT2D eigenvalue weighted by molar-refractivity contribution is 7.99. The lowest BCUT2D eigenvalue weighted by Crippen LogP contribution is -2.39. The van der Waals surface area contributed by atoms with Gasteiger partial charge >= 0.3 is 0 Å². The zero-order valence-corrected chi connectivity index (χ0v) is 20.4. The first-order valence-electron chi connectivity index (χ1n) is 11.9. The minimum absolute atomic E-state index is 0.297. The fourth-order valence-corrected chi connectivity index (χ4v) is 6.73. The van der Waals surface area contributed by atoms with Gasteiger partial charge in [-0.3, -0.25) is 4.68 Å².